The van der Waals surface area contributed by atoms with Crippen molar-refractivity contribution in [3.8, 4) is 11.5 Å². The molecule has 5 nitrogen and oxygen atoms in total. The number of carbonyl (C=O) groups excluding carboxylic acids is 1. The fraction of sp³-hybridized carbons (Fsp3) is 0.350. The maximum absolute atomic E-state index is 12.6. The van der Waals surface area contributed by atoms with Gasteiger partial charge in [-0.2, -0.15) is 22.0 Å². The number of para-hydroxylation sites is 1. The number of urea groups is 1. The third-order valence-electron chi connectivity index (χ3n) is 4.00. The number of alkyl halides is 5. The van der Waals surface area contributed by atoms with Crippen molar-refractivity contribution < 1.29 is 36.2 Å². The molecule has 0 saturated carbocycles. The maximum atomic E-state index is 12.6. The molecule has 0 bridgehead atoms. The number of amides is 2. The summed E-state index contributed by atoms with van der Waals surface area (Å²) in [5, 5.41) is 5.30. The van der Waals surface area contributed by atoms with E-state index in [1.165, 1.54) is 30.3 Å². The van der Waals surface area contributed by atoms with Crippen molar-refractivity contribution in [2.45, 2.75) is 38.7 Å². The van der Waals surface area contributed by atoms with Crippen molar-refractivity contribution in [2.24, 2.45) is 0 Å². The second-order valence-electron chi connectivity index (χ2n) is 6.25. The lowest BCUT2D eigenvalue weighted by molar-refractivity contribution is -0.153. The van der Waals surface area contributed by atoms with Gasteiger partial charge in [-0.15, -0.1) is 0 Å². The van der Waals surface area contributed by atoms with Crippen molar-refractivity contribution in [2.75, 3.05) is 6.61 Å². The van der Waals surface area contributed by atoms with Crippen LogP contribution < -0.4 is 20.1 Å². The summed E-state index contributed by atoms with van der Waals surface area (Å²) in [6, 6.07) is 10.9. The van der Waals surface area contributed by atoms with Gasteiger partial charge < -0.3 is 20.1 Å². The Morgan fingerprint density at radius 2 is 1.73 bits per heavy atom. The van der Waals surface area contributed by atoms with Gasteiger partial charge in [0.2, 0.25) is 0 Å². The van der Waals surface area contributed by atoms with Crippen molar-refractivity contribution >= 4 is 6.03 Å². The smallest absolute Gasteiger partial charge is 0.422 e. The van der Waals surface area contributed by atoms with Crippen LogP contribution in [0.3, 0.4) is 0 Å². The maximum Gasteiger partial charge on any atom is 0.422 e. The van der Waals surface area contributed by atoms with Crippen LogP contribution in [0.4, 0.5) is 26.7 Å². The van der Waals surface area contributed by atoms with Crippen molar-refractivity contribution in [3.63, 3.8) is 0 Å². The second-order valence-corrected chi connectivity index (χ2v) is 6.25. The molecule has 0 aliphatic carbocycles. The Labute approximate surface area is 170 Å². The highest BCUT2D eigenvalue weighted by Gasteiger charge is 2.28. The molecule has 0 aliphatic rings. The highest BCUT2D eigenvalue weighted by molar-refractivity contribution is 5.74. The third kappa shape index (κ3) is 7.76. The first-order chi connectivity index (χ1) is 14.2. The zero-order chi connectivity index (χ0) is 22.1. The summed E-state index contributed by atoms with van der Waals surface area (Å²) in [5.41, 5.74) is 1.06. The molecule has 0 heterocycles. The van der Waals surface area contributed by atoms with E-state index in [2.05, 4.69) is 20.1 Å². The number of rotatable bonds is 9. The van der Waals surface area contributed by atoms with E-state index in [-0.39, 0.29) is 18.0 Å². The highest BCUT2D eigenvalue weighted by atomic mass is 19.4. The minimum Gasteiger partial charge on any atom is -0.484 e. The molecule has 2 rings (SSSR count). The van der Waals surface area contributed by atoms with Crippen LogP contribution in [0.5, 0.6) is 11.5 Å². The number of benzene rings is 2. The van der Waals surface area contributed by atoms with Gasteiger partial charge in [-0.25, -0.2) is 4.79 Å². The molecular weight excluding hydrogens is 411 g/mol. The molecule has 0 saturated heterocycles. The summed E-state index contributed by atoms with van der Waals surface area (Å²) in [6.07, 6.45) is -3.99. The van der Waals surface area contributed by atoms with Crippen LogP contribution in [0.1, 0.15) is 30.5 Å². The predicted molar refractivity (Wildman–Crippen MR) is 99.5 cm³/mol. The number of hydrogen-bond acceptors (Lipinski definition) is 3. The van der Waals surface area contributed by atoms with Gasteiger partial charge in [0.1, 0.15) is 11.5 Å². The lowest BCUT2D eigenvalue weighted by Gasteiger charge is -2.20. The van der Waals surface area contributed by atoms with Crippen molar-refractivity contribution in [1.29, 1.82) is 0 Å². The van der Waals surface area contributed by atoms with Gasteiger partial charge in [0.05, 0.1) is 6.04 Å². The molecule has 2 aromatic rings. The molecule has 164 valence electrons. The number of ether oxygens (including phenoxy) is 2. The van der Waals surface area contributed by atoms with Gasteiger partial charge in [-0.3, -0.25) is 0 Å². The first-order valence-corrected chi connectivity index (χ1v) is 9.04. The van der Waals surface area contributed by atoms with Gasteiger partial charge in [0.15, 0.2) is 6.61 Å². The minimum atomic E-state index is -4.42. The summed E-state index contributed by atoms with van der Waals surface area (Å²) >= 11 is 0. The standard InChI is InChI=1S/C20H21F5N2O3/c1-2-16(15-5-3-4-6-17(15)30-18(21)22)27-19(28)26-11-13-7-9-14(10-8-13)29-12-20(23,24)25/h3-10,16,18H,2,11-12H2,1H3,(H2,26,27,28). The van der Waals surface area contributed by atoms with Crippen molar-refractivity contribution in [1.82, 2.24) is 10.6 Å². The Hall–Kier alpha value is -3.04. The molecule has 2 N–H and O–H groups in total. The SMILES string of the molecule is CCC(NC(=O)NCc1ccc(OCC(F)(F)F)cc1)c1ccccc1OC(F)F. The van der Waals surface area contributed by atoms with Crippen LogP contribution in [0.15, 0.2) is 48.5 Å². The number of halogens is 5. The Bertz CT molecular complexity index is 813. The van der Waals surface area contributed by atoms with Crippen LogP contribution in [0, 0.1) is 0 Å². The quantitative estimate of drug-likeness (QED) is 0.537. The zero-order valence-corrected chi connectivity index (χ0v) is 16.0. The second kappa shape index (κ2) is 10.7. The average Bonchev–Trinajstić information content (AvgIpc) is 2.69. The van der Waals surface area contributed by atoms with Gasteiger partial charge in [0.25, 0.3) is 0 Å². The van der Waals surface area contributed by atoms with E-state index < -0.39 is 31.5 Å². The Kier molecular flexibility index (Phi) is 8.25. The molecule has 30 heavy (non-hydrogen) atoms. The van der Waals surface area contributed by atoms with Gasteiger partial charge in [-0.05, 0) is 30.2 Å². The van der Waals surface area contributed by atoms with Gasteiger partial charge in [-0.1, -0.05) is 37.3 Å². The highest BCUT2D eigenvalue weighted by Crippen LogP contribution is 2.28. The molecular formula is C20H21F5N2O3. The number of carbonyl (C=O) groups is 1. The van der Waals surface area contributed by atoms with E-state index in [1.807, 2.05) is 0 Å². The molecule has 2 aromatic carbocycles. The molecule has 10 heteroatoms. The third-order valence-corrected chi connectivity index (χ3v) is 4.00. The van der Waals surface area contributed by atoms with Crippen LogP contribution in [-0.2, 0) is 6.54 Å². The Morgan fingerprint density at radius 3 is 2.33 bits per heavy atom. The van der Waals surface area contributed by atoms with E-state index in [9.17, 15) is 26.7 Å². The van der Waals surface area contributed by atoms with E-state index in [4.69, 9.17) is 0 Å². The first-order valence-electron chi connectivity index (χ1n) is 9.04. The van der Waals surface area contributed by atoms with Crippen LogP contribution in [0.25, 0.3) is 0 Å². The molecule has 2 amide bonds. The molecule has 0 spiro atoms. The van der Waals surface area contributed by atoms with Gasteiger partial charge >= 0.3 is 18.8 Å². The molecule has 0 aromatic heterocycles. The summed E-state index contributed by atoms with van der Waals surface area (Å²) in [5.74, 6) is 0.0382. The van der Waals surface area contributed by atoms with Crippen LogP contribution >= 0.6 is 0 Å². The Balaban J connectivity index is 1.90. The lowest BCUT2D eigenvalue weighted by atomic mass is 10.0. The number of nitrogens with one attached hydrogen (secondary N) is 2. The average molecular weight is 432 g/mol. The fourth-order valence-corrected chi connectivity index (χ4v) is 2.63. The lowest BCUT2D eigenvalue weighted by Crippen LogP contribution is -2.37. The summed E-state index contributed by atoms with van der Waals surface area (Å²) in [4.78, 5) is 12.2. The van der Waals surface area contributed by atoms with Crippen LogP contribution in [-0.4, -0.2) is 25.4 Å². The summed E-state index contributed by atoms with van der Waals surface area (Å²) < 4.78 is 70.7. The topological polar surface area (TPSA) is 59.6 Å². The molecule has 1 unspecified atom stereocenters. The van der Waals surface area contributed by atoms with Gasteiger partial charge in [0, 0.05) is 12.1 Å². The normalized spacial score (nSPS) is 12.4. The minimum absolute atomic E-state index is 0.0194. The summed E-state index contributed by atoms with van der Waals surface area (Å²) in [7, 11) is 0. The molecule has 0 radical (unpaired) electrons. The fourth-order valence-electron chi connectivity index (χ4n) is 2.63. The summed E-state index contributed by atoms with van der Waals surface area (Å²) in [6.45, 7) is -2.48. The largest absolute Gasteiger partial charge is 0.484 e. The molecule has 1 atom stereocenters. The van der Waals surface area contributed by atoms with E-state index in [0.717, 1.165) is 0 Å². The van der Waals surface area contributed by atoms with E-state index in [0.29, 0.717) is 17.5 Å². The van der Waals surface area contributed by atoms with E-state index in [1.54, 1.807) is 25.1 Å². The van der Waals surface area contributed by atoms with Crippen molar-refractivity contribution in [3.05, 3.63) is 59.7 Å². The molecule has 0 aliphatic heterocycles. The monoisotopic (exact) mass is 432 g/mol. The van der Waals surface area contributed by atoms with Crippen LogP contribution in [0.2, 0.25) is 0 Å². The zero-order valence-electron chi connectivity index (χ0n) is 16.0. The number of hydrogen-bond donors (Lipinski definition) is 2. The van der Waals surface area contributed by atoms with E-state index >= 15 is 0 Å². The molecule has 0 fully saturated rings. The predicted octanol–water partition coefficient (Wildman–Crippen LogP) is 5.18. The first kappa shape index (κ1) is 23.2. The Morgan fingerprint density at radius 1 is 1.07 bits per heavy atom.